The van der Waals surface area contributed by atoms with Crippen molar-refractivity contribution in [2.24, 2.45) is 0 Å². The highest BCUT2D eigenvalue weighted by molar-refractivity contribution is 7.27. The van der Waals surface area contributed by atoms with E-state index in [1.165, 1.54) is 61.9 Å². The second-order valence-electron chi connectivity index (χ2n) is 12.1. The van der Waals surface area contributed by atoms with Crippen molar-refractivity contribution in [2.45, 2.75) is 0 Å². The van der Waals surface area contributed by atoms with E-state index in [1.54, 1.807) is 0 Å². The smallest absolute Gasteiger partial charge is 0.235 e. The Morgan fingerprint density at radius 2 is 1.09 bits per heavy atom. The number of hydrogen-bond acceptors (Lipinski definition) is 4. The van der Waals surface area contributed by atoms with E-state index < -0.39 is 0 Å². The van der Waals surface area contributed by atoms with Crippen molar-refractivity contribution >= 4 is 106 Å². The Balaban J connectivity index is 1.42. The molecule has 5 heteroatoms. The van der Waals surface area contributed by atoms with Gasteiger partial charge in [0.2, 0.25) is 5.95 Å². The predicted molar refractivity (Wildman–Crippen MR) is 203 cm³/mol. The lowest BCUT2D eigenvalue weighted by Crippen LogP contribution is -2.03. The molecule has 47 heavy (non-hydrogen) atoms. The fraction of sp³-hybridized carbons (Fsp3) is 0. The Morgan fingerprint density at radius 1 is 0.426 bits per heavy atom. The molecule has 0 N–H and O–H groups in total. The number of aromatic nitrogens is 3. The van der Waals surface area contributed by atoms with Gasteiger partial charge in [0.15, 0.2) is 0 Å². The summed E-state index contributed by atoms with van der Waals surface area (Å²) in [5, 5.41) is 11.4. The van der Waals surface area contributed by atoms with Crippen molar-refractivity contribution in [3.63, 3.8) is 0 Å². The van der Waals surface area contributed by atoms with Crippen LogP contribution in [-0.4, -0.2) is 14.5 Å². The molecule has 0 radical (unpaired) electrons. The van der Waals surface area contributed by atoms with Crippen LogP contribution in [0.3, 0.4) is 0 Å². The van der Waals surface area contributed by atoms with Gasteiger partial charge in [0.1, 0.15) is 0 Å². The minimum Gasteiger partial charge on any atom is -0.277 e. The third-order valence-corrected chi connectivity index (χ3v) is 11.9. The molecule has 0 bridgehead atoms. The van der Waals surface area contributed by atoms with Crippen LogP contribution in [0.25, 0.3) is 101 Å². The lowest BCUT2D eigenvalue weighted by atomic mass is 9.96. The van der Waals surface area contributed by atoms with E-state index in [1.807, 2.05) is 22.7 Å². The van der Waals surface area contributed by atoms with Crippen molar-refractivity contribution in [3.05, 3.63) is 140 Å². The third kappa shape index (κ3) is 3.45. The molecule has 0 spiro atoms. The SMILES string of the molecule is c1ccc(-c2nc(-n3c4ccccc4c4c5sc6ccccc6c5c5c(ccc6sc7ccccc7c65)c43)nc3ccccc23)cc1. The molecule has 0 atom stereocenters. The van der Waals surface area contributed by atoms with Gasteiger partial charge in [0, 0.05) is 72.8 Å². The average Bonchev–Trinajstić information content (AvgIpc) is 3.81. The summed E-state index contributed by atoms with van der Waals surface area (Å²) in [6.07, 6.45) is 0. The zero-order valence-electron chi connectivity index (χ0n) is 24.9. The van der Waals surface area contributed by atoms with E-state index in [2.05, 4.69) is 144 Å². The van der Waals surface area contributed by atoms with E-state index in [-0.39, 0.29) is 0 Å². The molecule has 0 aliphatic rings. The molecule has 3 nitrogen and oxygen atoms in total. The van der Waals surface area contributed by atoms with Crippen molar-refractivity contribution in [2.75, 3.05) is 0 Å². The van der Waals surface area contributed by atoms with Gasteiger partial charge in [-0.1, -0.05) is 109 Å². The Hall–Kier alpha value is -5.62. The highest BCUT2D eigenvalue weighted by Crippen LogP contribution is 2.51. The fourth-order valence-electron chi connectivity index (χ4n) is 7.66. The maximum atomic E-state index is 5.40. The monoisotopic (exact) mass is 633 g/mol. The van der Waals surface area contributed by atoms with Gasteiger partial charge < -0.3 is 0 Å². The number of benzene rings is 7. The largest absolute Gasteiger partial charge is 0.277 e. The lowest BCUT2D eigenvalue weighted by Gasteiger charge is -2.13. The second kappa shape index (κ2) is 9.46. The fourth-order valence-corrected chi connectivity index (χ4v) is 10.0. The number of thiophene rings is 2. The summed E-state index contributed by atoms with van der Waals surface area (Å²) in [7, 11) is 0. The molecule has 4 aromatic heterocycles. The van der Waals surface area contributed by atoms with Gasteiger partial charge in [-0.2, -0.15) is 0 Å². The van der Waals surface area contributed by atoms with Crippen LogP contribution >= 0.6 is 22.7 Å². The first-order valence-electron chi connectivity index (χ1n) is 15.8. The van der Waals surface area contributed by atoms with Crippen molar-refractivity contribution in [3.8, 4) is 17.2 Å². The Bertz CT molecular complexity index is 3070. The topological polar surface area (TPSA) is 30.7 Å². The molecule has 0 aliphatic heterocycles. The Morgan fingerprint density at radius 3 is 1.91 bits per heavy atom. The molecule has 11 aromatic rings. The Kier molecular flexibility index (Phi) is 5.14. The minimum atomic E-state index is 0.686. The van der Waals surface area contributed by atoms with Crippen LogP contribution in [0.1, 0.15) is 0 Å². The number of para-hydroxylation sites is 2. The highest BCUT2D eigenvalue weighted by Gasteiger charge is 2.25. The van der Waals surface area contributed by atoms with Crippen LogP contribution < -0.4 is 0 Å². The Labute approximate surface area is 276 Å². The summed E-state index contributed by atoms with van der Waals surface area (Å²) in [6, 6.07) is 50.0. The van der Waals surface area contributed by atoms with Crippen LogP contribution in [0.15, 0.2) is 140 Å². The maximum Gasteiger partial charge on any atom is 0.235 e. The lowest BCUT2D eigenvalue weighted by molar-refractivity contribution is 1.02. The number of nitrogens with zero attached hydrogens (tertiary/aromatic N) is 3. The van der Waals surface area contributed by atoms with E-state index in [9.17, 15) is 0 Å². The molecule has 0 saturated carbocycles. The number of fused-ring (bicyclic) bond motifs is 15. The van der Waals surface area contributed by atoms with Crippen LogP contribution in [0.4, 0.5) is 0 Å². The zero-order valence-corrected chi connectivity index (χ0v) is 26.6. The standard InChI is InChI=1S/C42H23N3S2/c1-2-12-24(13-3-1)39-25-14-4-8-18-30(25)43-42(44-39)45-31-19-9-5-15-26(31)38-40(45)29-22-23-34-35(27-16-6-10-20-32(27)46-34)36(29)37-28-17-7-11-21-33(28)47-41(37)38/h1-23H. The van der Waals surface area contributed by atoms with Crippen molar-refractivity contribution < 1.29 is 0 Å². The van der Waals surface area contributed by atoms with E-state index in [0.29, 0.717) is 5.95 Å². The van der Waals surface area contributed by atoms with Gasteiger partial charge in [-0.25, -0.2) is 9.97 Å². The van der Waals surface area contributed by atoms with Crippen LogP contribution in [0, 0.1) is 0 Å². The van der Waals surface area contributed by atoms with Gasteiger partial charge in [-0.3, -0.25) is 4.57 Å². The summed E-state index contributed by atoms with van der Waals surface area (Å²) < 4.78 is 7.57. The molecule has 0 amide bonds. The van der Waals surface area contributed by atoms with Gasteiger partial charge in [0.05, 0.1) is 22.2 Å². The minimum absolute atomic E-state index is 0.686. The van der Waals surface area contributed by atoms with E-state index in [0.717, 1.165) is 33.2 Å². The first-order chi connectivity index (χ1) is 23.3. The maximum absolute atomic E-state index is 5.40. The molecular weight excluding hydrogens is 611 g/mol. The van der Waals surface area contributed by atoms with Gasteiger partial charge in [0.25, 0.3) is 0 Å². The molecule has 7 aromatic carbocycles. The van der Waals surface area contributed by atoms with Crippen LogP contribution in [-0.2, 0) is 0 Å². The molecule has 0 unspecified atom stereocenters. The van der Waals surface area contributed by atoms with Crippen molar-refractivity contribution in [1.82, 2.24) is 14.5 Å². The van der Waals surface area contributed by atoms with E-state index >= 15 is 0 Å². The summed E-state index contributed by atoms with van der Waals surface area (Å²) in [5.74, 6) is 0.686. The molecule has 218 valence electrons. The molecular formula is C42H23N3S2. The first-order valence-corrected chi connectivity index (χ1v) is 17.4. The second-order valence-corrected chi connectivity index (χ2v) is 14.2. The average molecular weight is 634 g/mol. The molecule has 0 fully saturated rings. The van der Waals surface area contributed by atoms with Gasteiger partial charge in [-0.15, -0.1) is 22.7 Å². The first kappa shape index (κ1) is 25.6. The zero-order chi connectivity index (χ0) is 30.6. The highest BCUT2D eigenvalue weighted by atomic mass is 32.1. The summed E-state index contributed by atoms with van der Waals surface area (Å²) >= 11 is 3.77. The molecule has 0 saturated heterocycles. The van der Waals surface area contributed by atoms with Crippen LogP contribution in [0.2, 0.25) is 0 Å². The molecule has 4 heterocycles. The predicted octanol–water partition coefficient (Wildman–Crippen LogP) is 12.3. The summed E-state index contributed by atoms with van der Waals surface area (Å²) in [5.41, 5.74) is 5.22. The third-order valence-electron chi connectivity index (χ3n) is 9.58. The normalized spacial score (nSPS) is 12.3. The summed E-state index contributed by atoms with van der Waals surface area (Å²) in [4.78, 5) is 10.7. The van der Waals surface area contributed by atoms with E-state index in [4.69, 9.17) is 9.97 Å². The quantitative estimate of drug-likeness (QED) is 0.190. The molecule has 0 aliphatic carbocycles. The number of rotatable bonds is 2. The van der Waals surface area contributed by atoms with Gasteiger partial charge >= 0.3 is 0 Å². The van der Waals surface area contributed by atoms with Crippen molar-refractivity contribution in [1.29, 1.82) is 0 Å². The molecule has 11 rings (SSSR count). The van der Waals surface area contributed by atoms with Gasteiger partial charge in [-0.05, 0) is 30.3 Å². The number of hydrogen-bond donors (Lipinski definition) is 0. The summed E-state index contributed by atoms with van der Waals surface area (Å²) in [6.45, 7) is 0. The van der Waals surface area contributed by atoms with Crippen LogP contribution in [0.5, 0.6) is 0 Å².